The lowest BCUT2D eigenvalue weighted by atomic mass is 9.97. The van der Waals surface area contributed by atoms with Gasteiger partial charge in [-0.3, -0.25) is 9.97 Å². The van der Waals surface area contributed by atoms with Gasteiger partial charge in [0.05, 0.1) is 22.8 Å². The summed E-state index contributed by atoms with van der Waals surface area (Å²) < 4.78 is 0. The maximum absolute atomic E-state index is 11.9. The molecule has 52 heavy (non-hydrogen) atoms. The van der Waals surface area contributed by atoms with E-state index in [0.29, 0.717) is 67.1 Å². The number of aromatic amines is 2. The van der Waals surface area contributed by atoms with E-state index in [1.165, 1.54) is 0 Å². The van der Waals surface area contributed by atoms with Crippen LogP contribution in [-0.2, 0) is 0 Å². The minimum Gasteiger partial charge on any atom is -0.384 e. The number of benzene rings is 4. The number of fused-ring (bicyclic) bond motifs is 8. The second kappa shape index (κ2) is 12.9. The minimum atomic E-state index is -1.34. The number of aliphatic hydroxyl groups is 4. The van der Waals surface area contributed by atoms with Crippen LogP contribution >= 0.6 is 0 Å². The monoisotopic (exact) mass is 682 g/mol. The van der Waals surface area contributed by atoms with Gasteiger partial charge in [-0.1, -0.05) is 121 Å². The fourth-order valence-corrected chi connectivity index (χ4v) is 7.50. The fourth-order valence-electron chi connectivity index (χ4n) is 7.50. The zero-order valence-corrected chi connectivity index (χ0v) is 27.8. The Morgan fingerprint density at radius 1 is 0.308 bits per heavy atom. The van der Waals surface area contributed by atoms with E-state index < -0.39 is 24.4 Å². The molecule has 5 heterocycles. The molecule has 0 amide bonds. The average Bonchev–Trinajstić information content (AvgIpc) is 3.98. The lowest BCUT2D eigenvalue weighted by Crippen LogP contribution is -2.06. The second-order valence-corrected chi connectivity index (χ2v) is 13.1. The van der Waals surface area contributed by atoms with Crippen molar-refractivity contribution >= 4 is 22.1 Å². The van der Waals surface area contributed by atoms with Gasteiger partial charge in [-0.2, -0.15) is 0 Å². The molecular weight excluding hydrogens is 649 g/mol. The quantitative estimate of drug-likeness (QED) is 0.110. The summed E-state index contributed by atoms with van der Waals surface area (Å²) in [4.78, 5) is 17.3. The van der Waals surface area contributed by atoms with Crippen LogP contribution in [0.5, 0.6) is 0 Å². The largest absolute Gasteiger partial charge is 0.384 e. The Morgan fingerprint density at radius 3 is 0.731 bits per heavy atom. The molecule has 3 aromatic heterocycles. The van der Waals surface area contributed by atoms with Gasteiger partial charge in [-0.15, -0.1) is 0 Å². The third-order valence-corrected chi connectivity index (χ3v) is 9.92. The van der Waals surface area contributed by atoms with Crippen LogP contribution in [0.4, 0.5) is 0 Å². The predicted molar refractivity (Wildman–Crippen MR) is 203 cm³/mol. The molecule has 0 saturated carbocycles. The molecule has 8 bridgehead atoms. The van der Waals surface area contributed by atoms with Crippen molar-refractivity contribution in [2.45, 2.75) is 24.4 Å². The summed E-state index contributed by atoms with van der Waals surface area (Å²) in [5.41, 5.74) is 9.48. The SMILES string of the molecule is OC1c2nc(c(-c3ccccc3)c3ccc([nH]3)c(-c3ccccc3)c3nc(c(-c4ccccc4)c4ccc([nH]4)c2-c2ccccc2)[C@@H](O)[C@H]3O)C1O. The molecule has 2 aliphatic rings. The molecule has 0 fully saturated rings. The van der Waals surface area contributed by atoms with Crippen molar-refractivity contribution in [1.82, 2.24) is 19.9 Å². The number of hydrogen-bond acceptors (Lipinski definition) is 6. The number of aliphatic hydroxyl groups excluding tert-OH is 4. The van der Waals surface area contributed by atoms with Gasteiger partial charge >= 0.3 is 0 Å². The normalized spacial score (nSPS) is 18.4. The predicted octanol–water partition coefficient (Wildman–Crippen LogP) is 8.52. The van der Waals surface area contributed by atoms with Gasteiger partial charge in [-0.25, -0.2) is 0 Å². The number of nitrogens with one attached hydrogen (secondary N) is 2. The highest BCUT2D eigenvalue weighted by molar-refractivity contribution is 5.92. The highest BCUT2D eigenvalue weighted by atomic mass is 16.3. The molecule has 8 nitrogen and oxygen atoms in total. The zero-order valence-electron chi connectivity index (χ0n) is 27.8. The standard InChI is InChI=1S/C44H34N4O4/c49-41-37-33(25-13-5-1-6-14-25)29-21-22-30(45-29)34(26-15-7-2-8-16-26)39-43(51)44(52)40(48-39)36(28-19-11-4-12-20-28)32-24-23-31(46-32)35(38(47-37)42(41)50)27-17-9-3-10-18-27/h1-24,41-46,49-52H/t41-,42+,43?,44?. The van der Waals surface area contributed by atoms with Crippen molar-refractivity contribution < 1.29 is 20.4 Å². The summed E-state index contributed by atoms with van der Waals surface area (Å²) in [7, 11) is 0. The number of nitrogens with zero attached hydrogens (tertiary/aromatic N) is 2. The molecule has 0 radical (unpaired) electrons. The van der Waals surface area contributed by atoms with E-state index in [0.717, 1.165) is 22.3 Å². The molecule has 2 unspecified atom stereocenters. The minimum absolute atomic E-state index is 0.316. The smallest absolute Gasteiger partial charge is 0.128 e. The van der Waals surface area contributed by atoms with Crippen molar-refractivity contribution in [3.63, 3.8) is 0 Å². The van der Waals surface area contributed by atoms with E-state index in [2.05, 4.69) is 9.97 Å². The Kier molecular flexibility index (Phi) is 7.87. The molecule has 6 N–H and O–H groups in total. The summed E-state index contributed by atoms with van der Waals surface area (Å²) in [6.07, 6.45) is -5.34. The van der Waals surface area contributed by atoms with Crippen LogP contribution in [0.1, 0.15) is 47.2 Å². The first-order chi connectivity index (χ1) is 25.5. The molecule has 254 valence electrons. The number of rotatable bonds is 4. The summed E-state index contributed by atoms with van der Waals surface area (Å²) in [6, 6.07) is 46.2. The molecule has 2 aliphatic heterocycles. The van der Waals surface area contributed by atoms with E-state index in [4.69, 9.17) is 9.97 Å². The Morgan fingerprint density at radius 2 is 0.519 bits per heavy atom. The molecule has 0 saturated heterocycles. The van der Waals surface area contributed by atoms with Gasteiger partial charge in [0.15, 0.2) is 0 Å². The number of aromatic nitrogens is 4. The van der Waals surface area contributed by atoms with Crippen molar-refractivity contribution in [3.8, 4) is 44.5 Å². The number of H-pyrrole nitrogens is 2. The molecule has 9 rings (SSSR count). The van der Waals surface area contributed by atoms with Crippen molar-refractivity contribution in [1.29, 1.82) is 0 Å². The van der Waals surface area contributed by atoms with Crippen LogP contribution < -0.4 is 0 Å². The number of hydrogen-bond donors (Lipinski definition) is 6. The highest BCUT2D eigenvalue weighted by Gasteiger charge is 2.36. The van der Waals surface area contributed by atoms with Gasteiger partial charge < -0.3 is 30.4 Å². The molecular formula is C44H34N4O4. The summed E-state index contributed by atoms with van der Waals surface area (Å²) in [6.45, 7) is 0. The third-order valence-electron chi connectivity index (χ3n) is 9.92. The van der Waals surface area contributed by atoms with Gasteiger partial charge in [0, 0.05) is 44.3 Å². The Hall–Kier alpha value is -6.16. The van der Waals surface area contributed by atoms with Crippen LogP contribution in [0, 0.1) is 0 Å². The molecule has 4 atom stereocenters. The van der Waals surface area contributed by atoms with E-state index in [-0.39, 0.29) is 0 Å². The topological polar surface area (TPSA) is 138 Å². The maximum Gasteiger partial charge on any atom is 0.128 e. The van der Waals surface area contributed by atoms with Crippen molar-refractivity contribution in [3.05, 3.63) is 168 Å². The van der Waals surface area contributed by atoms with E-state index in [1.807, 2.05) is 146 Å². The molecule has 0 spiro atoms. The first kappa shape index (κ1) is 31.8. The van der Waals surface area contributed by atoms with E-state index in [1.54, 1.807) is 0 Å². The molecule has 8 heteroatoms. The Balaban J connectivity index is 1.53. The zero-order chi connectivity index (χ0) is 35.3. The molecule has 7 aromatic rings. The van der Waals surface area contributed by atoms with Crippen LogP contribution in [-0.4, -0.2) is 40.4 Å². The van der Waals surface area contributed by atoms with Gasteiger partial charge in [0.1, 0.15) is 24.4 Å². The fraction of sp³-hybridized carbons (Fsp3) is 0.0909. The van der Waals surface area contributed by atoms with Crippen LogP contribution in [0.25, 0.3) is 66.6 Å². The lowest BCUT2D eigenvalue weighted by molar-refractivity contribution is 0.0259. The average molecular weight is 683 g/mol. The Bertz CT molecular complexity index is 2230. The van der Waals surface area contributed by atoms with E-state index in [9.17, 15) is 20.4 Å². The van der Waals surface area contributed by atoms with Crippen LogP contribution in [0.3, 0.4) is 0 Å². The third kappa shape index (κ3) is 5.25. The van der Waals surface area contributed by atoms with Gasteiger partial charge in [0.2, 0.25) is 0 Å². The van der Waals surface area contributed by atoms with Crippen LogP contribution in [0.15, 0.2) is 146 Å². The van der Waals surface area contributed by atoms with E-state index >= 15 is 0 Å². The van der Waals surface area contributed by atoms with Crippen LogP contribution in [0.2, 0.25) is 0 Å². The lowest BCUT2D eigenvalue weighted by Gasteiger charge is -2.14. The summed E-state index contributed by atoms with van der Waals surface area (Å²) in [5, 5.41) is 47.4. The van der Waals surface area contributed by atoms with Crippen molar-refractivity contribution in [2.75, 3.05) is 0 Å². The Labute approximate surface area is 299 Å². The summed E-state index contributed by atoms with van der Waals surface area (Å²) >= 11 is 0. The highest BCUT2D eigenvalue weighted by Crippen LogP contribution is 2.46. The summed E-state index contributed by atoms with van der Waals surface area (Å²) in [5.74, 6) is 0. The van der Waals surface area contributed by atoms with Crippen molar-refractivity contribution in [2.24, 2.45) is 0 Å². The maximum atomic E-state index is 11.9. The second-order valence-electron chi connectivity index (χ2n) is 13.1. The molecule has 4 aromatic carbocycles. The molecule has 0 aliphatic carbocycles. The van der Waals surface area contributed by atoms with Gasteiger partial charge in [-0.05, 0) is 46.5 Å². The van der Waals surface area contributed by atoms with Gasteiger partial charge in [0.25, 0.3) is 0 Å². The first-order valence-corrected chi connectivity index (χ1v) is 17.2. The first-order valence-electron chi connectivity index (χ1n) is 17.2.